The smallest absolute Gasteiger partial charge is 0.328 e. The largest absolute Gasteiger partial charge is 0.426 e. The molecule has 0 saturated carbocycles. The summed E-state index contributed by atoms with van der Waals surface area (Å²) in [4.78, 5) is 59.3. The third kappa shape index (κ3) is 3.28. The normalized spacial score (nSPS) is 16.1. The molecule has 1 aromatic carbocycles. The van der Waals surface area contributed by atoms with Crippen molar-refractivity contribution >= 4 is 29.5 Å². The van der Waals surface area contributed by atoms with Gasteiger partial charge in [-0.25, -0.2) is 4.79 Å². The summed E-state index contributed by atoms with van der Waals surface area (Å²) in [6, 6.07) is 3.75. The Balaban J connectivity index is 2.37. The summed E-state index contributed by atoms with van der Waals surface area (Å²) < 4.78 is 5.22. The van der Waals surface area contributed by atoms with Crippen molar-refractivity contribution in [2.24, 2.45) is 10.8 Å². The van der Waals surface area contributed by atoms with E-state index in [-0.39, 0.29) is 17.9 Å². The van der Waals surface area contributed by atoms with Gasteiger partial charge >= 0.3 is 12.0 Å². The Bertz CT molecular complexity index is 823. The standard InChI is InChI=1S/C17H17N3O7/c1-4-9-17(12(21)18-15(24)19-13(17)22)16(2,3)14(23)27-11-7-5-10(6-8-11)20(25)26/h4-8H,1,9H2,2-3H3,(H2,18,19,21,22,24). The average molecular weight is 375 g/mol. The number of nitrogens with zero attached hydrogens (tertiary/aromatic N) is 1. The Kier molecular flexibility index (Phi) is 5.11. The number of hydrogen-bond donors (Lipinski definition) is 2. The van der Waals surface area contributed by atoms with Crippen molar-refractivity contribution in [3.8, 4) is 5.75 Å². The zero-order valence-corrected chi connectivity index (χ0v) is 14.6. The number of carbonyl (C=O) groups excluding carboxylic acids is 4. The highest BCUT2D eigenvalue weighted by atomic mass is 16.6. The topological polar surface area (TPSA) is 145 Å². The fraction of sp³-hybridized carbons (Fsp3) is 0.294. The molecular weight excluding hydrogens is 358 g/mol. The van der Waals surface area contributed by atoms with E-state index in [1.165, 1.54) is 32.1 Å². The van der Waals surface area contributed by atoms with Crippen molar-refractivity contribution in [3.05, 3.63) is 47.0 Å². The van der Waals surface area contributed by atoms with E-state index in [9.17, 15) is 29.3 Å². The van der Waals surface area contributed by atoms with Crippen molar-refractivity contribution < 1.29 is 28.8 Å². The molecule has 10 nitrogen and oxygen atoms in total. The molecule has 0 unspecified atom stereocenters. The van der Waals surface area contributed by atoms with Crippen LogP contribution in [0.4, 0.5) is 10.5 Å². The number of urea groups is 1. The summed E-state index contributed by atoms with van der Waals surface area (Å²) in [5.41, 5.74) is -3.85. The lowest BCUT2D eigenvalue weighted by molar-refractivity contribution is -0.384. The van der Waals surface area contributed by atoms with E-state index in [0.717, 1.165) is 12.1 Å². The number of benzene rings is 1. The van der Waals surface area contributed by atoms with Crippen molar-refractivity contribution in [2.45, 2.75) is 20.3 Å². The predicted molar refractivity (Wildman–Crippen MR) is 91.4 cm³/mol. The molecule has 2 rings (SSSR count). The molecule has 2 N–H and O–H groups in total. The number of nitro groups is 1. The maximum absolute atomic E-state index is 12.8. The number of hydrogen-bond acceptors (Lipinski definition) is 7. The summed E-state index contributed by atoms with van der Waals surface area (Å²) in [7, 11) is 0. The summed E-state index contributed by atoms with van der Waals surface area (Å²) >= 11 is 0. The highest BCUT2D eigenvalue weighted by molar-refractivity contribution is 6.21. The molecule has 1 aromatic rings. The van der Waals surface area contributed by atoms with Gasteiger partial charge in [-0.2, -0.15) is 0 Å². The second-order valence-corrected chi connectivity index (χ2v) is 6.40. The Labute approximate surface area is 153 Å². The first-order chi connectivity index (χ1) is 12.6. The Morgan fingerprint density at radius 1 is 1.22 bits per heavy atom. The highest BCUT2D eigenvalue weighted by Gasteiger charge is 2.63. The third-order valence-electron chi connectivity index (χ3n) is 4.52. The molecule has 1 saturated heterocycles. The van der Waals surface area contributed by atoms with Crippen LogP contribution < -0.4 is 15.4 Å². The van der Waals surface area contributed by atoms with Gasteiger partial charge in [0.05, 0.1) is 10.3 Å². The van der Waals surface area contributed by atoms with Gasteiger partial charge in [0.1, 0.15) is 11.2 Å². The number of ether oxygens (including phenoxy) is 1. The number of nitrogens with one attached hydrogen (secondary N) is 2. The van der Waals surface area contributed by atoms with Crippen molar-refractivity contribution in [2.75, 3.05) is 0 Å². The van der Waals surface area contributed by atoms with E-state index in [2.05, 4.69) is 6.58 Å². The maximum Gasteiger partial charge on any atom is 0.328 e. The lowest BCUT2D eigenvalue weighted by Crippen LogP contribution is -2.68. The van der Waals surface area contributed by atoms with E-state index >= 15 is 0 Å². The summed E-state index contributed by atoms with van der Waals surface area (Å²) in [5, 5.41) is 14.7. The Morgan fingerprint density at radius 3 is 2.19 bits per heavy atom. The minimum atomic E-state index is -1.96. The van der Waals surface area contributed by atoms with E-state index < -0.39 is 39.6 Å². The van der Waals surface area contributed by atoms with Crippen LogP contribution in [0.15, 0.2) is 36.9 Å². The van der Waals surface area contributed by atoms with E-state index in [0.29, 0.717) is 0 Å². The van der Waals surface area contributed by atoms with E-state index in [1.807, 2.05) is 10.6 Å². The van der Waals surface area contributed by atoms with Gasteiger partial charge in [0.25, 0.3) is 5.69 Å². The maximum atomic E-state index is 12.8. The molecule has 1 aliphatic rings. The van der Waals surface area contributed by atoms with Gasteiger partial charge in [-0.3, -0.25) is 35.1 Å². The second-order valence-electron chi connectivity index (χ2n) is 6.40. The lowest BCUT2D eigenvalue weighted by Gasteiger charge is -2.43. The highest BCUT2D eigenvalue weighted by Crippen LogP contribution is 2.45. The van der Waals surface area contributed by atoms with Crippen LogP contribution in [0.1, 0.15) is 20.3 Å². The number of non-ortho nitro benzene ring substituents is 1. The van der Waals surface area contributed by atoms with Crippen molar-refractivity contribution in [1.29, 1.82) is 0 Å². The molecule has 1 aliphatic heterocycles. The first-order valence-electron chi connectivity index (χ1n) is 7.80. The fourth-order valence-electron chi connectivity index (χ4n) is 2.82. The SMILES string of the molecule is C=CCC1(C(C)(C)C(=O)Oc2ccc([N+](=O)[O-])cc2)C(=O)NC(=O)NC1=O. The molecule has 27 heavy (non-hydrogen) atoms. The lowest BCUT2D eigenvalue weighted by atomic mass is 9.61. The Hall–Kier alpha value is -3.56. The van der Waals surface area contributed by atoms with Crippen LogP contribution in [-0.2, 0) is 14.4 Å². The molecule has 0 radical (unpaired) electrons. The number of imide groups is 2. The van der Waals surface area contributed by atoms with Crippen LogP contribution in [0, 0.1) is 20.9 Å². The first-order valence-corrected chi connectivity index (χ1v) is 7.80. The molecule has 1 fully saturated rings. The number of amides is 4. The number of barbiturate groups is 1. The monoisotopic (exact) mass is 375 g/mol. The van der Waals surface area contributed by atoms with Crippen LogP contribution in [0.25, 0.3) is 0 Å². The van der Waals surface area contributed by atoms with Gasteiger partial charge in [0, 0.05) is 12.1 Å². The van der Waals surface area contributed by atoms with Gasteiger partial charge in [-0.05, 0) is 32.4 Å². The zero-order valence-electron chi connectivity index (χ0n) is 14.6. The number of allylic oxidation sites excluding steroid dienone is 1. The van der Waals surface area contributed by atoms with Gasteiger partial charge in [-0.1, -0.05) is 6.08 Å². The van der Waals surface area contributed by atoms with Crippen molar-refractivity contribution in [3.63, 3.8) is 0 Å². The van der Waals surface area contributed by atoms with Gasteiger partial charge in [0.15, 0.2) is 0 Å². The number of carbonyl (C=O) groups is 4. The van der Waals surface area contributed by atoms with Crippen LogP contribution in [0.2, 0.25) is 0 Å². The van der Waals surface area contributed by atoms with Crippen LogP contribution in [0.5, 0.6) is 5.75 Å². The molecule has 4 amide bonds. The first kappa shape index (κ1) is 19.8. The molecule has 1 heterocycles. The van der Waals surface area contributed by atoms with Gasteiger partial charge in [0.2, 0.25) is 11.8 Å². The average Bonchev–Trinajstić information content (AvgIpc) is 2.58. The minimum Gasteiger partial charge on any atom is -0.426 e. The fourth-order valence-corrected chi connectivity index (χ4v) is 2.82. The summed E-state index contributed by atoms with van der Waals surface area (Å²) in [6.45, 7) is 6.17. The molecule has 0 aromatic heterocycles. The number of esters is 1. The minimum absolute atomic E-state index is 0.000121. The molecule has 0 atom stereocenters. The van der Waals surface area contributed by atoms with Gasteiger partial charge < -0.3 is 4.74 Å². The quantitative estimate of drug-likeness (QED) is 0.191. The molecule has 142 valence electrons. The zero-order chi connectivity index (χ0) is 20.4. The van der Waals surface area contributed by atoms with Crippen LogP contribution in [-0.4, -0.2) is 28.7 Å². The van der Waals surface area contributed by atoms with E-state index in [1.54, 1.807) is 0 Å². The predicted octanol–water partition coefficient (Wildman–Crippen LogP) is 1.45. The number of rotatable bonds is 6. The van der Waals surface area contributed by atoms with Crippen LogP contribution >= 0.6 is 0 Å². The van der Waals surface area contributed by atoms with E-state index in [4.69, 9.17) is 4.74 Å². The van der Waals surface area contributed by atoms with Gasteiger partial charge in [-0.15, -0.1) is 6.58 Å². The number of nitro benzene ring substituents is 1. The Morgan fingerprint density at radius 2 is 1.74 bits per heavy atom. The molecule has 0 spiro atoms. The summed E-state index contributed by atoms with van der Waals surface area (Å²) in [6.07, 6.45) is 1.07. The van der Waals surface area contributed by atoms with Crippen molar-refractivity contribution in [1.82, 2.24) is 10.6 Å². The second kappa shape index (κ2) is 6.98. The van der Waals surface area contributed by atoms with Crippen LogP contribution in [0.3, 0.4) is 0 Å². The molecular formula is C17H17N3O7. The summed E-state index contributed by atoms with van der Waals surface area (Å²) in [5.74, 6) is -2.82. The molecule has 0 bridgehead atoms. The third-order valence-corrected chi connectivity index (χ3v) is 4.52. The molecule has 10 heteroatoms. The molecule has 0 aliphatic carbocycles.